The molecule has 5 nitrogen and oxygen atoms in total. The van der Waals surface area contributed by atoms with Crippen molar-refractivity contribution in [2.45, 2.75) is 51.7 Å². The third kappa shape index (κ3) is 5.07. The van der Waals surface area contributed by atoms with Crippen LogP contribution in [0.3, 0.4) is 0 Å². The summed E-state index contributed by atoms with van der Waals surface area (Å²) in [6.45, 7) is 9.26. The molecule has 1 N–H and O–H groups in total. The highest BCUT2D eigenvalue weighted by Gasteiger charge is 2.16. The van der Waals surface area contributed by atoms with Gasteiger partial charge in [-0.1, -0.05) is 62.0 Å². The molecule has 152 valence electrons. The normalized spacial score (nSPS) is 12.0. The molecule has 1 amide bonds. The van der Waals surface area contributed by atoms with Gasteiger partial charge in [-0.3, -0.25) is 4.79 Å². The van der Waals surface area contributed by atoms with Gasteiger partial charge >= 0.3 is 0 Å². The van der Waals surface area contributed by atoms with Gasteiger partial charge in [0, 0.05) is 17.8 Å². The number of benzene rings is 2. The molecule has 6 heteroatoms. The van der Waals surface area contributed by atoms with Gasteiger partial charge in [0.2, 0.25) is 5.91 Å². The van der Waals surface area contributed by atoms with Crippen LogP contribution in [0.25, 0.3) is 11.4 Å². The monoisotopic (exact) mass is 408 g/mol. The van der Waals surface area contributed by atoms with Crippen LogP contribution >= 0.6 is 11.8 Å². The minimum Gasteiger partial charge on any atom is -0.325 e. The fraction of sp³-hybridized carbons (Fsp3) is 0.348. The Morgan fingerprint density at radius 3 is 2.48 bits per heavy atom. The van der Waals surface area contributed by atoms with E-state index in [4.69, 9.17) is 0 Å². The van der Waals surface area contributed by atoms with Crippen molar-refractivity contribution in [1.82, 2.24) is 14.8 Å². The smallest absolute Gasteiger partial charge is 0.234 e. The summed E-state index contributed by atoms with van der Waals surface area (Å²) in [5.41, 5.74) is 4.34. The molecule has 29 heavy (non-hydrogen) atoms. The Kier molecular flexibility index (Phi) is 7.09. The lowest BCUT2D eigenvalue weighted by Gasteiger charge is -2.11. The fourth-order valence-electron chi connectivity index (χ4n) is 3.16. The van der Waals surface area contributed by atoms with E-state index in [2.05, 4.69) is 72.0 Å². The lowest BCUT2D eigenvalue weighted by molar-refractivity contribution is -0.113. The fourth-order valence-corrected chi connectivity index (χ4v) is 3.96. The first kappa shape index (κ1) is 21.1. The number of aryl methyl sites for hydroxylation is 1. The number of nitrogens with one attached hydrogen (secondary N) is 1. The number of carbonyl (C=O) groups is 1. The minimum atomic E-state index is -0.0469. The third-order valence-corrected chi connectivity index (χ3v) is 6.09. The number of carbonyl (C=O) groups excluding carboxylic acids is 1. The topological polar surface area (TPSA) is 59.8 Å². The first-order valence-electron chi connectivity index (χ1n) is 10.0. The number of amides is 1. The number of rotatable bonds is 8. The molecule has 0 saturated heterocycles. The number of hydrogen-bond donors (Lipinski definition) is 1. The van der Waals surface area contributed by atoms with Gasteiger partial charge in [0.15, 0.2) is 11.0 Å². The maximum atomic E-state index is 12.4. The largest absolute Gasteiger partial charge is 0.325 e. The summed E-state index contributed by atoms with van der Waals surface area (Å²) >= 11 is 1.41. The molecular weight excluding hydrogens is 380 g/mol. The molecule has 1 aromatic heterocycles. The van der Waals surface area contributed by atoms with E-state index in [9.17, 15) is 4.79 Å². The second-order valence-corrected chi connectivity index (χ2v) is 8.08. The average molecular weight is 409 g/mol. The summed E-state index contributed by atoms with van der Waals surface area (Å²) in [6.07, 6.45) is 1.10. The molecule has 0 aliphatic heterocycles. The SMILES string of the molecule is CC[C@H](C)c1ccc(NC(=O)CSc2nnc(-c3ccccc3C)n2CC)cc1. The highest BCUT2D eigenvalue weighted by Crippen LogP contribution is 2.26. The van der Waals surface area contributed by atoms with E-state index < -0.39 is 0 Å². The van der Waals surface area contributed by atoms with Crippen LogP contribution in [0.2, 0.25) is 0 Å². The van der Waals surface area contributed by atoms with Gasteiger partial charge in [0.05, 0.1) is 5.75 Å². The number of nitrogens with zero attached hydrogens (tertiary/aromatic N) is 3. The van der Waals surface area contributed by atoms with Crippen LogP contribution in [0.4, 0.5) is 5.69 Å². The van der Waals surface area contributed by atoms with Crippen LogP contribution in [0.15, 0.2) is 53.7 Å². The van der Waals surface area contributed by atoms with Crippen LogP contribution in [-0.4, -0.2) is 26.4 Å². The van der Waals surface area contributed by atoms with E-state index >= 15 is 0 Å². The number of hydrogen-bond acceptors (Lipinski definition) is 4. The van der Waals surface area contributed by atoms with Gasteiger partial charge < -0.3 is 9.88 Å². The Bertz CT molecular complexity index is 965. The van der Waals surface area contributed by atoms with Crippen molar-refractivity contribution in [3.63, 3.8) is 0 Å². The van der Waals surface area contributed by atoms with Crippen molar-refractivity contribution in [2.24, 2.45) is 0 Å². The molecular formula is C23H28N4OS. The second kappa shape index (κ2) is 9.74. The average Bonchev–Trinajstić information content (AvgIpc) is 3.15. The molecule has 0 fully saturated rings. The van der Waals surface area contributed by atoms with E-state index in [1.807, 2.05) is 24.3 Å². The molecule has 3 aromatic rings. The van der Waals surface area contributed by atoms with Crippen LogP contribution in [-0.2, 0) is 11.3 Å². The van der Waals surface area contributed by atoms with E-state index in [1.54, 1.807) is 0 Å². The zero-order chi connectivity index (χ0) is 20.8. The van der Waals surface area contributed by atoms with Crippen molar-refractivity contribution < 1.29 is 4.79 Å². The summed E-state index contributed by atoms with van der Waals surface area (Å²) < 4.78 is 2.06. The third-order valence-electron chi connectivity index (χ3n) is 5.13. The van der Waals surface area contributed by atoms with Crippen molar-refractivity contribution >= 4 is 23.4 Å². The molecule has 0 aliphatic rings. The van der Waals surface area contributed by atoms with Gasteiger partial charge in [0.1, 0.15) is 0 Å². The summed E-state index contributed by atoms with van der Waals surface area (Å²) in [5, 5.41) is 12.4. The lowest BCUT2D eigenvalue weighted by Crippen LogP contribution is -2.14. The molecule has 0 radical (unpaired) electrons. The highest BCUT2D eigenvalue weighted by molar-refractivity contribution is 7.99. The van der Waals surface area contributed by atoms with Crippen molar-refractivity contribution in [1.29, 1.82) is 0 Å². The van der Waals surface area contributed by atoms with Gasteiger partial charge in [-0.2, -0.15) is 0 Å². The molecule has 1 atom stereocenters. The second-order valence-electron chi connectivity index (χ2n) is 7.13. The first-order chi connectivity index (χ1) is 14.0. The standard InChI is InChI=1S/C23H28N4OS/c1-5-16(3)18-11-13-19(14-12-18)24-21(28)15-29-23-26-25-22(27(23)6-2)20-10-8-7-9-17(20)4/h7-14,16H,5-6,15H2,1-4H3,(H,24,28)/t16-/m0/s1. The van der Waals surface area contributed by atoms with Crippen LogP contribution in [0, 0.1) is 6.92 Å². The maximum absolute atomic E-state index is 12.4. The Balaban J connectivity index is 1.64. The van der Waals surface area contributed by atoms with Crippen LogP contribution in [0.1, 0.15) is 44.2 Å². The molecule has 0 saturated carbocycles. The summed E-state index contributed by atoms with van der Waals surface area (Å²) in [6, 6.07) is 16.2. The summed E-state index contributed by atoms with van der Waals surface area (Å²) in [5.74, 6) is 1.61. The first-order valence-corrected chi connectivity index (χ1v) is 11.0. The molecule has 0 unspecified atom stereocenters. The summed E-state index contributed by atoms with van der Waals surface area (Å²) in [4.78, 5) is 12.4. The zero-order valence-corrected chi connectivity index (χ0v) is 18.3. The molecule has 0 aliphatic carbocycles. The van der Waals surface area contributed by atoms with Crippen molar-refractivity contribution in [3.8, 4) is 11.4 Å². The molecule has 2 aromatic carbocycles. The maximum Gasteiger partial charge on any atom is 0.234 e. The van der Waals surface area contributed by atoms with E-state index in [-0.39, 0.29) is 5.91 Å². The number of aromatic nitrogens is 3. The zero-order valence-electron chi connectivity index (χ0n) is 17.5. The van der Waals surface area contributed by atoms with E-state index in [1.165, 1.54) is 17.3 Å². The van der Waals surface area contributed by atoms with Crippen LogP contribution < -0.4 is 5.32 Å². The van der Waals surface area contributed by atoms with E-state index in [0.29, 0.717) is 11.7 Å². The Labute approximate surface area is 176 Å². The molecule has 1 heterocycles. The predicted octanol–water partition coefficient (Wildman–Crippen LogP) is 5.52. The number of thioether (sulfide) groups is 1. The van der Waals surface area contributed by atoms with Gasteiger partial charge in [0.25, 0.3) is 0 Å². The molecule has 0 bridgehead atoms. The van der Waals surface area contributed by atoms with Gasteiger partial charge in [-0.25, -0.2) is 0 Å². The minimum absolute atomic E-state index is 0.0469. The predicted molar refractivity (Wildman–Crippen MR) is 120 cm³/mol. The molecule has 0 spiro atoms. The Morgan fingerprint density at radius 2 is 1.83 bits per heavy atom. The van der Waals surface area contributed by atoms with Crippen LogP contribution in [0.5, 0.6) is 0 Å². The van der Waals surface area contributed by atoms with Crippen molar-refractivity contribution in [3.05, 3.63) is 59.7 Å². The highest BCUT2D eigenvalue weighted by atomic mass is 32.2. The summed E-state index contributed by atoms with van der Waals surface area (Å²) in [7, 11) is 0. The van der Waals surface area contributed by atoms with E-state index in [0.717, 1.165) is 40.8 Å². The quantitative estimate of drug-likeness (QED) is 0.499. The van der Waals surface area contributed by atoms with Crippen molar-refractivity contribution in [2.75, 3.05) is 11.1 Å². The molecule has 3 rings (SSSR count). The number of anilines is 1. The lowest BCUT2D eigenvalue weighted by atomic mass is 9.99. The van der Waals surface area contributed by atoms with Gasteiger partial charge in [-0.15, -0.1) is 10.2 Å². The van der Waals surface area contributed by atoms with Gasteiger partial charge in [-0.05, 0) is 49.4 Å². The Hall–Kier alpha value is -2.60. The Morgan fingerprint density at radius 1 is 1.10 bits per heavy atom.